The molecule has 1 aromatic carbocycles. The van der Waals surface area contributed by atoms with Crippen molar-refractivity contribution in [2.45, 2.75) is 13.5 Å². The lowest BCUT2D eigenvalue weighted by molar-refractivity contribution is 0.169. The van der Waals surface area contributed by atoms with Crippen molar-refractivity contribution >= 4 is 17.5 Å². The lowest BCUT2D eigenvalue weighted by Gasteiger charge is -2.31. The number of ether oxygens (including phenoxy) is 2. The van der Waals surface area contributed by atoms with E-state index < -0.39 is 6.09 Å². The average Bonchev–Trinajstić information content (AvgIpc) is 3.14. The van der Waals surface area contributed by atoms with Crippen molar-refractivity contribution in [1.82, 2.24) is 9.97 Å². The summed E-state index contributed by atoms with van der Waals surface area (Å²) in [5, 5.41) is 0. The zero-order valence-corrected chi connectivity index (χ0v) is 14.3. The van der Waals surface area contributed by atoms with Gasteiger partial charge in [0.15, 0.2) is 6.61 Å². The molecular weight excluding hydrogens is 320 g/mol. The molecule has 1 amide bonds. The number of aromatic amines is 1. The summed E-state index contributed by atoms with van der Waals surface area (Å²) >= 11 is 0. The Kier molecular flexibility index (Phi) is 5.09. The highest BCUT2D eigenvalue weighted by Gasteiger charge is 2.21. The number of amides is 1. The Morgan fingerprint density at radius 2 is 2.40 bits per heavy atom. The van der Waals surface area contributed by atoms with Gasteiger partial charge in [0.05, 0.1) is 30.8 Å². The molecule has 0 atom stereocenters. The SMILES string of the molecule is CC#CCOC(=O)N(C)c1ccc2c(c1)N(Cc1c[nH]cn1)CCO2. The van der Waals surface area contributed by atoms with E-state index in [0.717, 1.165) is 29.4 Å². The molecule has 7 nitrogen and oxygen atoms in total. The first kappa shape index (κ1) is 16.7. The largest absolute Gasteiger partial charge is 0.490 e. The number of H-pyrrole nitrogens is 1. The third kappa shape index (κ3) is 3.86. The molecule has 0 fully saturated rings. The van der Waals surface area contributed by atoms with Crippen LogP contribution in [0.25, 0.3) is 0 Å². The second-order valence-corrected chi connectivity index (χ2v) is 5.52. The summed E-state index contributed by atoms with van der Waals surface area (Å²) in [6.07, 6.45) is 3.09. The van der Waals surface area contributed by atoms with E-state index in [9.17, 15) is 4.79 Å². The quantitative estimate of drug-likeness (QED) is 0.866. The first-order valence-corrected chi connectivity index (χ1v) is 7.98. The van der Waals surface area contributed by atoms with Crippen molar-refractivity contribution < 1.29 is 14.3 Å². The molecule has 0 aliphatic carbocycles. The lowest BCUT2D eigenvalue weighted by Crippen LogP contribution is -2.33. The van der Waals surface area contributed by atoms with Crippen LogP contribution in [0.5, 0.6) is 5.75 Å². The number of imidazole rings is 1. The summed E-state index contributed by atoms with van der Waals surface area (Å²) in [6.45, 7) is 3.82. The molecule has 0 saturated carbocycles. The molecule has 0 saturated heterocycles. The first-order chi connectivity index (χ1) is 12.2. The number of nitrogens with one attached hydrogen (secondary N) is 1. The number of hydrogen-bond acceptors (Lipinski definition) is 5. The zero-order valence-electron chi connectivity index (χ0n) is 14.3. The summed E-state index contributed by atoms with van der Waals surface area (Å²) in [4.78, 5) is 23.0. The standard InChI is InChI=1S/C18H20N4O3/c1-3-4-8-25-18(23)21(2)15-5-6-17-16(10-15)22(7-9-24-17)12-14-11-19-13-20-14/h5-6,10-11,13H,7-9,12H2,1-2H3,(H,19,20). The van der Waals surface area contributed by atoms with Crippen molar-refractivity contribution in [2.75, 3.05) is 36.6 Å². The second kappa shape index (κ2) is 7.62. The van der Waals surface area contributed by atoms with Crippen LogP contribution in [0, 0.1) is 11.8 Å². The number of nitrogens with zero attached hydrogens (tertiary/aromatic N) is 3. The third-order valence-electron chi connectivity index (χ3n) is 3.92. The topological polar surface area (TPSA) is 70.7 Å². The summed E-state index contributed by atoms with van der Waals surface area (Å²) in [5.74, 6) is 6.20. The van der Waals surface area contributed by atoms with E-state index in [1.165, 1.54) is 4.90 Å². The molecule has 130 valence electrons. The number of hydrogen-bond donors (Lipinski definition) is 1. The van der Waals surface area contributed by atoms with E-state index in [2.05, 4.69) is 26.7 Å². The molecule has 25 heavy (non-hydrogen) atoms. The number of rotatable bonds is 4. The van der Waals surface area contributed by atoms with Crippen LogP contribution in [-0.2, 0) is 11.3 Å². The van der Waals surface area contributed by atoms with E-state index in [4.69, 9.17) is 9.47 Å². The van der Waals surface area contributed by atoms with Crippen LogP contribution < -0.4 is 14.5 Å². The van der Waals surface area contributed by atoms with Crippen molar-refractivity contribution in [2.24, 2.45) is 0 Å². The number of carbonyl (C=O) groups excluding carboxylic acids is 1. The molecule has 0 unspecified atom stereocenters. The van der Waals surface area contributed by atoms with Gasteiger partial charge >= 0.3 is 6.09 Å². The Morgan fingerprint density at radius 1 is 1.52 bits per heavy atom. The summed E-state index contributed by atoms with van der Waals surface area (Å²) in [7, 11) is 1.67. The Labute approximate surface area is 146 Å². The fourth-order valence-electron chi connectivity index (χ4n) is 2.58. The van der Waals surface area contributed by atoms with Gasteiger partial charge in [-0.25, -0.2) is 9.78 Å². The van der Waals surface area contributed by atoms with Crippen molar-refractivity contribution in [3.8, 4) is 17.6 Å². The minimum atomic E-state index is -0.446. The predicted molar refractivity (Wildman–Crippen MR) is 94.8 cm³/mol. The number of fused-ring (bicyclic) bond motifs is 1. The molecule has 7 heteroatoms. The summed E-state index contributed by atoms with van der Waals surface area (Å²) in [6, 6.07) is 5.63. The van der Waals surface area contributed by atoms with Gasteiger partial charge in [0.2, 0.25) is 0 Å². The van der Waals surface area contributed by atoms with Crippen LogP contribution in [0.1, 0.15) is 12.6 Å². The van der Waals surface area contributed by atoms with Crippen LogP contribution >= 0.6 is 0 Å². The smallest absolute Gasteiger partial charge is 0.414 e. The minimum Gasteiger partial charge on any atom is -0.490 e. The Bertz CT molecular complexity index is 792. The van der Waals surface area contributed by atoms with Crippen molar-refractivity contribution in [1.29, 1.82) is 0 Å². The maximum Gasteiger partial charge on any atom is 0.414 e. The van der Waals surface area contributed by atoms with Crippen LogP contribution in [0.15, 0.2) is 30.7 Å². The van der Waals surface area contributed by atoms with Gasteiger partial charge in [-0.15, -0.1) is 5.92 Å². The summed E-state index contributed by atoms with van der Waals surface area (Å²) < 4.78 is 10.8. The highest BCUT2D eigenvalue weighted by molar-refractivity contribution is 5.88. The molecule has 0 radical (unpaired) electrons. The van der Waals surface area contributed by atoms with Gasteiger partial charge in [-0.05, 0) is 25.1 Å². The van der Waals surface area contributed by atoms with Gasteiger partial charge in [-0.1, -0.05) is 5.92 Å². The Hall–Kier alpha value is -3.14. The van der Waals surface area contributed by atoms with Gasteiger partial charge in [0.25, 0.3) is 0 Å². The molecule has 0 spiro atoms. The van der Waals surface area contributed by atoms with E-state index in [-0.39, 0.29) is 6.61 Å². The van der Waals surface area contributed by atoms with Crippen LogP contribution in [0.3, 0.4) is 0 Å². The maximum absolute atomic E-state index is 12.1. The van der Waals surface area contributed by atoms with Crippen molar-refractivity contribution in [3.05, 3.63) is 36.4 Å². The molecular formula is C18H20N4O3. The van der Waals surface area contributed by atoms with E-state index in [0.29, 0.717) is 13.2 Å². The number of carbonyl (C=O) groups is 1. The molecule has 0 bridgehead atoms. The van der Waals surface area contributed by atoms with E-state index in [1.54, 1.807) is 20.3 Å². The van der Waals surface area contributed by atoms with Gasteiger partial charge < -0.3 is 19.4 Å². The number of anilines is 2. The van der Waals surface area contributed by atoms with Crippen LogP contribution in [-0.4, -0.2) is 42.9 Å². The number of benzene rings is 1. The van der Waals surface area contributed by atoms with Gasteiger partial charge in [-0.3, -0.25) is 4.90 Å². The van der Waals surface area contributed by atoms with Gasteiger partial charge in [0.1, 0.15) is 12.4 Å². The normalized spacial score (nSPS) is 12.5. The minimum absolute atomic E-state index is 0.0824. The maximum atomic E-state index is 12.1. The highest BCUT2D eigenvalue weighted by atomic mass is 16.6. The number of aromatic nitrogens is 2. The molecule has 1 N–H and O–H groups in total. The molecule has 2 aromatic rings. The van der Waals surface area contributed by atoms with E-state index in [1.807, 2.05) is 24.4 Å². The van der Waals surface area contributed by atoms with Crippen LogP contribution in [0.4, 0.5) is 16.2 Å². The second-order valence-electron chi connectivity index (χ2n) is 5.52. The highest BCUT2D eigenvalue weighted by Crippen LogP contribution is 2.35. The summed E-state index contributed by atoms with van der Waals surface area (Å²) in [5.41, 5.74) is 2.61. The molecule has 3 rings (SSSR count). The fourth-order valence-corrected chi connectivity index (χ4v) is 2.58. The molecule has 2 heterocycles. The monoisotopic (exact) mass is 340 g/mol. The van der Waals surface area contributed by atoms with Crippen molar-refractivity contribution in [3.63, 3.8) is 0 Å². The van der Waals surface area contributed by atoms with Gasteiger partial charge in [0, 0.05) is 18.9 Å². The molecule has 1 aliphatic heterocycles. The van der Waals surface area contributed by atoms with Crippen LogP contribution in [0.2, 0.25) is 0 Å². The fraction of sp³-hybridized carbons (Fsp3) is 0.333. The predicted octanol–water partition coefficient (Wildman–Crippen LogP) is 2.40. The van der Waals surface area contributed by atoms with Gasteiger partial charge in [-0.2, -0.15) is 0 Å². The van der Waals surface area contributed by atoms with E-state index >= 15 is 0 Å². The average molecular weight is 340 g/mol. The first-order valence-electron chi connectivity index (χ1n) is 7.98. The Balaban J connectivity index is 1.78. The third-order valence-corrected chi connectivity index (χ3v) is 3.92. The molecule has 1 aromatic heterocycles. The molecule has 1 aliphatic rings. The zero-order chi connectivity index (χ0) is 17.6. The lowest BCUT2D eigenvalue weighted by atomic mass is 10.2. The Morgan fingerprint density at radius 3 is 3.16 bits per heavy atom.